The Morgan fingerprint density at radius 2 is 2.08 bits per heavy atom. The van der Waals surface area contributed by atoms with Gasteiger partial charge >= 0.3 is 0 Å². The van der Waals surface area contributed by atoms with Crippen LogP contribution in [0.2, 0.25) is 0 Å². The fraction of sp³-hybridized carbons (Fsp3) is 0.727. The summed E-state index contributed by atoms with van der Waals surface area (Å²) >= 11 is 0. The minimum absolute atomic E-state index is 0.667. The third-order valence-corrected chi connectivity index (χ3v) is 1.52. The van der Waals surface area contributed by atoms with Gasteiger partial charge in [-0.3, -0.25) is 4.99 Å². The molecule has 0 amide bonds. The Balaban J connectivity index is 3.66. The molecule has 0 aromatic carbocycles. The number of aliphatic imine (C=N–C) groups is 1. The van der Waals surface area contributed by atoms with Crippen LogP contribution in [0.25, 0.3) is 0 Å². The van der Waals surface area contributed by atoms with E-state index in [0.717, 1.165) is 6.54 Å². The van der Waals surface area contributed by atoms with E-state index in [2.05, 4.69) is 38.8 Å². The monoisotopic (exact) mass is 167 g/mol. The first-order valence-electron chi connectivity index (χ1n) is 4.83. The van der Waals surface area contributed by atoms with Crippen LogP contribution in [0.4, 0.5) is 0 Å². The third-order valence-electron chi connectivity index (χ3n) is 1.52. The molecule has 0 aliphatic heterocycles. The number of unbranched alkanes of at least 4 members (excludes halogenated alkanes) is 1. The van der Waals surface area contributed by atoms with Crippen molar-refractivity contribution in [2.75, 3.05) is 6.54 Å². The van der Waals surface area contributed by atoms with Crippen LogP contribution >= 0.6 is 0 Å². The molecule has 0 saturated heterocycles. The van der Waals surface area contributed by atoms with Crippen LogP contribution in [0.3, 0.4) is 0 Å². The zero-order valence-electron chi connectivity index (χ0n) is 8.80. The van der Waals surface area contributed by atoms with Crippen molar-refractivity contribution < 1.29 is 0 Å². The minimum atomic E-state index is 0.667. The number of rotatable bonds is 5. The first-order chi connectivity index (χ1) is 5.66. The molecule has 0 N–H and O–H groups in total. The number of nitrogens with zero attached hydrogens (tertiary/aromatic N) is 1. The Hall–Kier alpha value is -0.590. The lowest BCUT2D eigenvalue weighted by atomic mass is 10.2. The molecule has 70 valence electrons. The van der Waals surface area contributed by atoms with Gasteiger partial charge in [-0.05, 0) is 24.8 Å². The van der Waals surface area contributed by atoms with Crippen molar-refractivity contribution >= 4 is 6.21 Å². The van der Waals surface area contributed by atoms with E-state index in [1.165, 1.54) is 18.4 Å². The predicted octanol–water partition coefficient (Wildman–Crippen LogP) is 3.46. The summed E-state index contributed by atoms with van der Waals surface area (Å²) in [7, 11) is 0. The Bertz CT molecular complexity index is 154. The highest BCUT2D eigenvalue weighted by atomic mass is 14.7. The predicted molar refractivity (Wildman–Crippen MR) is 56.9 cm³/mol. The Morgan fingerprint density at radius 1 is 1.42 bits per heavy atom. The normalized spacial score (nSPS) is 13.2. The second-order valence-corrected chi connectivity index (χ2v) is 3.62. The van der Waals surface area contributed by atoms with Crippen molar-refractivity contribution in [2.24, 2.45) is 10.9 Å². The van der Waals surface area contributed by atoms with Crippen LogP contribution < -0.4 is 0 Å². The molecule has 12 heavy (non-hydrogen) atoms. The van der Waals surface area contributed by atoms with Crippen molar-refractivity contribution in [3.8, 4) is 0 Å². The molecule has 0 aliphatic carbocycles. The fourth-order valence-electron chi connectivity index (χ4n) is 0.832. The maximum absolute atomic E-state index is 4.33. The maximum atomic E-state index is 4.33. The molecule has 0 rings (SSSR count). The summed E-state index contributed by atoms with van der Waals surface area (Å²) in [6, 6.07) is 0. The lowest BCUT2D eigenvalue weighted by Gasteiger charge is -1.97. The molecule has 0 spiro atoms. The van der Waals surface area contributed by atoms with E-state index in [4.69, 9.17) is 0 Å². The molecular weight excluding hydrogens is 146 g/mol. The van der Waals surface area contributed by atoms with Gasteiger partial charge < -0.3 is 0 Å². The average Bonchev–Trinajstić information content (AvgIpc) is 2.00. The average molecular weight is 167 g/mol. The van der Waals surface area contributed by atoms with Crippen molar-refractivity contribution in [3.63, 3.8) is 0 Å². The molecule has 0 aromatic rings. The molecule has 0 radical (unpaired) electrons. The van der Waals surface area contributed by atoms with Gasteiger partial charge in [0, 0.05) is 12.8 Å². The highest BCUT2D eigenvalue weighted by molar-refractivity contribution is 5.77. The number of hydrogen-bond acceptors (Lipinski definition) is 1. The van der Waals surface area contributed by atoms with Gasteiger partial charge in [-0.1, -0.05) is 33.3 Å². The number of allylic oxidation sites excluding steroid dienone is 2. The quantitative estimate of drug-likeness (QED) is 0.556. The zero-order valence-corrected chi connectivity index (χ0v) is 8.80. The van der Waals surface area contributed by atoms with Gasteiger partial charge in [-0.15, -0.1) is 0 Å². The van der Waals surface area contributed by atoms with Crippen LogP contribution in [0.1, 0.15) is 40.5 Å². The van der Waals surface area contributed by atoms with E-state index in [9.17, 15) is 0 Å². The van der Waals surface area contributed by atoms with Gasteiger partial charge in [0.15, 0.2) is 0 Å². The zero-order chi connectivity index (χ0) is 9.40. The first kappa shape index (κ1) is 11.4. The van der Waals surface area contributed by atoms with Gasteiger partial charge in [-0.25, -0.2) is 0 Å². The van der Waals surface area contributed by atoms with Crippen LogP contribution in [0.5, 0.6) is 0 Å². The van der Waals surface area contributed by atoms with Crippen molar-refractivity contribution in [2.45, 2.75) is 40.5 Å². The summed E-state index contributed by atoms with van der Waals surface area (Å²) in [6.07, 6.45) is 6.61. The molecule has 0 fully saturated rings. The minimum Gasteiger partial charge on any atom is -0.293 e. The van der Waals surface area contributed by atoms with Crippen LogP contribution in [-0.2, 0) is 0 Å². The van der Waals surface area contributed by atoms with Gasteiger partial charge in [0.25, 0.3) is 0 Å². The standard InChI is InChI=1S/C11H21N/c1-5-6-7-11(4)9-12-8-10(2)3/h7,9-10H,5-6,8H2,1-4H3/b11-7+,12-9?. The fourth-order valence-corrected chi connectivity index (χ4v) is 0.832. The van der Waals surface area contributed by atoms with E-state index in [-0.39, 0.29) is 0 Å². The molecule has 0 bridgehead atoms. The smallest absolute Gasteiger partial charge is 0.0412 e. The molecule has 0 aliphatic rings. The molecule has 0 atom stereocenters. The van der Waals surface area contributed by atoms with E-state index in [0.29, 0.717) is 5.92 Å². The second-order valence-electron chi connectivity index (χ2n) is 3.62. The lowest BCUT2D eigenvalue weighted by Crippen LogP contribution is -1.92. The van der Waals surface area contributed by atoms with Crippen LogP contribution in [0.15, 0.2) is 16.6 Å². The van der Waals surface area contributed by atoms with Crippen molar-refractivity contribution in [3.05, 3.63) is 11.6 Å². The molecule has 1 heteroatoms. The van der Waals surface area contributed by atoms with Crippen LogP contribution in [-0.4, -0.2) is 12.8 Å². The van der Waals surface area contributed by atoms with Crippen LogP contribution in [0, 0.1) is 5.92 Å². The molecular formula is C11H21N. The summed E-state index contributed by atoms with van der Waals surface area (Å²) < 4.78 is 0. The molecule has 1 nitrogen and oxygen atoms in total. The SMILES string of the molecule is CCC/C=C(\C)C=NCC(C)C. The summed E-state index contributed by atoms with van der Waals surface area (Å²) in [4.78, 5) is 4.33. The molecule has 0 unspecified atom stereocenters. The second kappa shape index (κ2) is 7.08. The largest absolute Gasteiger partial charge is 0.293 e. The van der Waals surface area contributed by atoms with Gasteiger partial charge in [0.2, 0.25) is 0 Å². The third kappa shape index (κ3) is 7.52. The van der Waals surface area contributed by atoms with Crippen molar-refractivity contribution in [1.82, 2.24) is 0 Å². The summed E-state index contributed by atoms with van der Waals surface area (Å²) in [5.41, 5.74) is 1.29. The van der Waals surface area contributed by atoms with Gasteiger partial charge in [0.1, 0.15) is 0 Å². The summed E-state index contributed by atoms with van der Waals surface area (Å²) in [6.45, 7) is 9.61. The Kier molecular flexibility index (Phi) is 6.73. The Morgan fingerprint density at radius 3 is 2.58 bits per heavy atom. The molecule has 0 heterocycles. The molecule has 0 saturated carbocycles. The van der Waals surface area contributed by atoms with Gasteiger partial charge in [0.05, 0.1) is 0 Å². The summed E-state index contributed by atoms with van der Waals surface area (Å²) in [5.74, 6) is 0.667. The highest BCUT2D eigenvalue weighted by Crippen LogP contribution is 1.96. The highest BCUT2D eigenvalue weighted by Gasteiger charge is 1.87. The van der Waals surface area contributed by atoms with E-state index in [1.807, 2.05) is 6.21 Å². The van der Waals surface area contributed by atoms with E-state index < -0.39 is 0 Å². The van der Waals surface area contributed by atoms with E-state index in [1.54, 1.807) is 0 Å². The molecule has 0 aromatic heterocycles. The topological polar surface area (TPSA) is 12.4 Å². The van der Waals surface area contributed by atoms with Crippen molar-refractivity contribution in [1.29, 1.82) is 0 Å². The lowest BCUT2D eigenvalue weighted by molar-refractivity contribution is 0.667. The summed E-state index contributed by atoms with van der Waals surface area (Å²) in [5, 5.41) is 0. The number of hydrogen-bond donors (Lipinski definition) is 0. The Labute approximate surface area is 76.6 Å². The first-order valence-corrected chi connectivity index (χ1v) is 4.83. The maximum Gasteiger partial charge on any atom is 0.0412 e. The van der Waals surface area contributed by atoms with Gasteiger partial charge in [-0.2, -0.15) is 0 Å². The van der Waals surface area contributed by atoms with E-state index >= 15 is 0 Å².